The summed E-state index contributed by atoms with van der Waals surface area (Å²) in [6.45, 7) is 7.64. The zero-order chi connectivity index (χ0) is 16.4. The second-order valence-electron chi connectivity index (χ2n) is 6.83. The van der Waals surface area contributed by atoms with E-state index in [1.54, 1.807) is 0 Å². The van der Waals surface area contributed by atoms with E-state index < -0.39 is 0 Å². The molecule has 3 heterocycles. The van der Waals surface area contributed by atoms with Crippen LogP contribution in [0.4, 0.5) is 4.79 Å². The summed E-state index contributed by atoms with van der Waals surface area (Å²) in [6.07, 6.45) is 5.40. The maximum absolute atomic E-state index is 12.9. The van der Waals surface area contributed by atoms with Crippen molar-refractivity contribution >= 4 is 6.03 Å². The van der Waals surface area contributed by atoms with Crippen LogP contribution in [-0.4, -0.2) is 46.4 Å². The van der Waals surface area contributed by atoms with E-state index in [0.29, 0.717) is 0 Å². The molecule has 0 unspecified atom stereocenters. The lowest BCUT2D eigenvalue weighted by molar-refractivity contribution is 0.110. The van der Waals surface area contributed by atoms with Gasteiger partial charge in [-0.1, -0.05) is 12.8 Å². The number of rotatable bonds is 2. The van der Waals surface area contributed by atoms with Crippen molar-refractivity contribution < 1.29 is 9.53 Å². The summed E-state index contributed by atoms with van der Waals surface area (Å²) < 4.78 is 5.57. The zero-order valence-electron chi connectivity index (χ0n) is 14.4. The fraction of sp³-hybridized carbons (Fsp3) is 0.765. The van der Waals surface area contributed by atoms with Crippen molar-refractivity contribution in [1.82, 2.24) is 20.4 Å². The van der Waals surface area contributed by atoms with Crippen LogP contribution >= 0.6 is 0 Å². The van der Waals surface area contributed by atoms with Crippen molar-refractivity contribution in [2.75, 3.05) is 13.2 Å². The highest BCUT2D eigenvalue weighted by Crippen LogP contribution is 2.33. The highest BCUT2D eigenvalue weighted by Gasteiger charge is 2.33. The van der Waals surface area contributed by atoms with Crippen LogP contribution in [0, 0.1) is 13.8 Å². The Labute approximate surface area is 138 Å². The van der Waals surface area contributed by atoms with Gasteiger partial charge in [-0.25, -0.2) is 4.79 Å². The smallest absolute Gasteiger partial charge is 0.318 e. The third kappa shape index (κ3) is 3.37. The predicted octanol–water partition coefficient (Wildman–Crippen LogP) is 2.83. The summed E-state index contributed by atoms with van der Waals surface area (Å²) in [5.41, 5.74) is 3.27. The number of likely N-dealkylation sites (tertiary alicyclic amines) is 1. The molecule has 0 bridgehead atoms. The Morgan fingerprint density at radius 1 is 1.30 bits per heavy atom. The molecule has 128 valence electrons. The molecule has 1 aromatic rings. The van der Waals surface area contributed by atoms with Crippen LogP contribution in [-0.2, 0) is 4.74 Å². The molecule has 0 spiro atoms. The summed E-state index contributed by atoms with van der Waals surface area (Å²) >= 11 is 0. The standard InChI is InChI=1S/C17H28N4O2/c1-11-16(12(2)20-19-11)15-7-5-4-6-9-21(15)17(22)18-14-8-10-23-13(14)3/h13-15H,4-10H2,1-3H3,(H,18,22)(H,19,20)/t13-,14+,15-/m0/s1. The Balaban J connectivity index is 1.80. The topological polar surface area (TPSA) is 70.2 Å². The molecule has 2 aliphatic heterocycles. The molecular weight excluding hydrogens is 292 g/mol. The molecule has 2 fully saturated rings. The molecule has 0 aliphatic carbocycles. The Kier molecular flexibility index (Phi) is 4.90. The Hall–Kier alpha value is -1.56. The van der Waals surface area contributed by atoms with Gasteiger partial charge >= 0.3 is 6.03 Å². The van der Waals surface area contributed by atoms with Gasteiger partial charge in [-0.05, 0) is 40.0 Å². The van der Waals surface area contributed by atoms with E-state index in [1.807, 2.05) is 25.7 Å². The van der Waals surface area contributed by atoms with Crippen LogP contribution in [0.25, 0.3) is 0 Å². The minimum Gasteiger partial charge on any atom is -0.376 e. The van der Waals surface area contributed by atoms with E-state index in [2.05, 4.69) is 15.5 Å². The monoisotopic (exact) mass is 320 g/mol. The average Bonchev–Trinajstić information content (AvgIpc) is 2.97. The van der Waals surface area contributed by atoms with E-state index in [0.717, 1.165) is 50.2 Å². The number of carbonyl (C=O) groups excluding carboxylic acids is 1. The molecule has 0 aromatic carbocycles. The van der Waals surface area contributed by atoms with Crippen molar-refractivity contribution in [3.8, 4) is 0 Å². The lowest BCUT2D eigenvalue weighted by Crippen LogP contribution is -2.48. The number of carbonyl (C=O) groups is 1. The summed E-state index contributed by atoms with van der Waals surface area (Å²) in [4.78, 5) is 14.9. The summed E-state index contributed by atoms with van der Waals surface area (Å²) in [6, 6.07) is 0.283. The molecule has 2 aliphatic rings. The average molecular weight is 320 g/mol. The molecular formula is C17H28N4O2. The number of amides is 2. The number of hydrogen-bond acceptors (Lipinski definition) is 3. The number of aromatic nitrogens is 2. The first-order valence-corrected chi connectivity index (χ1v) is 8.78. The highest BCUT2D eigenvalue weighted by atomic mass is 16.5. The summed E-state index contributed by atoms with van der Waals surface area (Å²) in [5.74, 6) is 0. The van der Waals surface area contributed by atoms with Gasteiger partial charge in [0.05, 0.1) is 23.9 Å². The zero-order valence-corrected chi connectivity index (χ0v) is 14.4. The first-order chi connectivity index (χ1) is 11.1. The van der Waals surface area contributed by atoms with E-state index in [-0.39, 0.29) is 24.2 Å². The fourth-order valence-electron chi connectivity index (χ4n) is 3.86. The lowest BCUT2D eigenvalue weighted by Gasteiger charge is -2.32. The van der Waals surface area contributed by atoms with Gasteiger partial charge in [0, 0.05) is 24.4 Å². The predicted molar refractivity (Wildman–Crippen MR) is 88.3 cm³/mol. The second kappa shape index (κ2) is 6.91. The molecule has 6 nitrogen and oxygen atoms in total. The van der Waals surface area contributed by atoms with E-state index in [4.69, 9.17) is 4.74 Å². The van der Waals surface area contributed by atoms with Crippen LogP contribution in [0.1, 0.15) is 62.0 Å². The van der Waals surface area contributed by atoms with Crippen LogP contribution in [0.2, 0.25) is 0 Å². The number of aryl methyl sites for hydroxylation is 2. The molecule has 0 radical (unpaired) electrons. The van der Waals surface area contributed by atoms with E-state index >= 15 is 0 Å². The van der Waals surface area contributed by atoms with Crippen molar-refractivity contribution in [2.45, 2.75) is 71.1 Å². The van der Waals surface area contributed by atoms with Crippen LogP contribution in [0.5, 0.6) is 0 Å². The van der Waals surface area contributed by atoms with Crippen LogP contribution < -0.4 is 5.32 Å². The molecule has 2 N–H and O–H groups in total. The Morgan fingerprint density at radius 2 is 2.13 bits per heavy atom. The molecule has 2 saturated heterocycles. The van der Waals surface area contributed by atoms with E-state index in [9.17, 15) is 4.79 Å². The maximum Gasteiger partial charge on any atom is 0.318 e. The quantitative estimate of drug-likeness (QED) is 0.880. The third-order valence-electron chi connectivity index (χ3n) is 5.22. The number of nitrogens with zero attached hydrogens (tertiary/aromatic N) is 2. The first-order valence-electron chi connectivity index (χ1n) is 8.78. The molecule has 0 saturated carbocycles. The minimum atomic E-state index is 0.0410. The van der Waals surface area contributed by atoms with Gasteiger partial charge in [0.25, 0.3) is 0 Å². The van der Waals surface area contributed by atoms with Crippen molar-refractivity contribution in [3.05, 3.63) is 17.0 Å². The van der Waals surface area contributed by atoms with Gasteiger partial charge in [0.2, 0.25) is 0 Å². The number of aromatic amines is 1. The van der Waals surface area contributed by atoms with E-state index in [1.165, 1.54) is 12.0 Å². The normalized spacial score (nSPS) is 28.7. The Morgan fingerprint density at radius 3 is 2.78 bits per heavy atom. The maximum atomic E-state index is 12.9. The van der Waals surface area contributed by atoms with Gasteiger partial charge in [-0.3, -0.25) is 5.10 Å². The van der Waals surface area contributed by atoms with Crippen molar-refractivity contribution in [3.63, 3.8) is 0 Å². The lowest BCUT2D eigenvalue weighted by atomic mass is 9.99. The number of H-pyrrole nitrogens is 1. The van der Waals surface area contributed by atoms with Gasteiger partial charge < -0.3 is 15.0 Å². The third-order valence-corrected chi connectivity index (χ3v) is 5.22. The SMILES string of the molecule is Cc1n[nH]c(C)c1[C@@H]1CCCCCN1C(=O)N[C@@H]1CCO[C@H]1C. The van der Waals surface area contributed by atoms with Crippen molar-refractivity contribution in [2.24, 2.45) is 0 Å². The second-order valence-corrected chi connectivity index (χ2v) is 6.83. The number of nitrogens with one attached hydrogen (secondary N) is 2. The summed E-state index contributed by atoms with van der Waals surface area (Å²) in [7, 11) is 0. The van der Waals surface area contributed by atoms with Gasteiger partial charge in [-0.2, -0.15) is 5.10 Å². The highest BCUT2D eigenvalue weighted by molar-refractivity contribution is 5.75. The molecule has 6 heteroatoms. The summed E-state index contributed by atoms with van der Waals surface area (Å²) in [5, 5.41) is 10.6. The first kappa shape index (κ1) is 16.3. The van der Waals surface area contributed by atoms with Crippen molar-refractivity contribution in [1.29, 1.82) is 0 Å². The van der Waals surface area contributed by atoms with Gasteiger partial charge in [0.1, 0.15) is 0 Å². The van der Waals surface area contributed by atoms with Crippen LogP contribution in [0.15, 0.2) is 0 Å². The Bertz CT molecular complexity index is 537. The molecule has 1 aromatic heterocycles. The number of urea groups is 1. The fourth-order valence-corrected chi connectivity index (χ4v) is 3.86. The van der Waals surface area contributed by atoms with Gasteiger partial charge in [-0.15, -0.1) is 0 Å². The minimum absolute atomic E-state index is 0.0410. The molecule has 2 amide bonds. The van der Waals surface area contributed by atoms with Gasteiger partial charge in [0.15, 0.2) is 0 Å². The van der Waals surface area contributed by atoms with Crippen LogP contribution in [0.3, 0.4) is 0 Å². The number of hydrogen-bond donors (Lipinski definition) is 2. The molecule has 3 atom stereocenters. The molecule has 23 heavy (non-hydrogen) atoms. The largest absolute Gasteiger partial charge is 0.376 e. The number of ether oxygens (including phenoxy) is 1. The molecule has 3 rings (SSSR count).